The van der Waals surface area contributed by atoms with E-state index < -0.39 is 5.97 Å². The van der Waals surface area contributed by atoms with Crippen LogP contribution < -0.4 is 5.32 Å². The van der Waals surface area contributed by atoms with E-state index in [1.807, 2.05) is 0 Å². The monoisotopic (exact) mass is 270 g/mol. The van der Waals surface area contributed by atoms with Gasteiger partial charge in [-0.1, -0.05) is 38.1 Å². The summed E-state index contributed by atoms with van der Waals surface area (Å²) < 4.78 is 0. The number of nitrogens with one attached hydrogen (secondary N) is 1. The van der Waals surface area contributed by atoms with Gasteiger partial charge in [0.05, 0.1) is 5.69 Å². The van der Waals surface area contributed by atoms with Gasteiger partial charge in [0.25, 0.3) is 0 Å². The van der Waals surface area contributed by atoms with Gasteiger partial charge < -0.3 is 10.4 Å². The molecule has 0 amide bonds. The van der Waals surface area contributed by atoms with E-state index in [9.17, 15) is 4.79 Å². The second-order valence-corrected chi connectivity index (χ2v) is 4.98. The largest absolute Gasteiger partial charge is 0.478 e. The average molecular weight is 270 g/mol. The van der Waals surface area contributed by atoms with Crippen LogP contribution in [0.5, 0.6) is 0 Å². The van der Waals surface area contributed by atoms with Crippen molar-refractivity contribution >= 4 is 11.7 Å². The van der Waals surface area contributed by atoms with E-state index in [4.69, 9.17) is 5.11 Å². The number of hydrogen-bond acceptors (Lipinski definition) is 3. The molecular weight excluding hydrogens is 252 g/mol. The summed E-state index contributed by atoms with van der Waals surface area (Å²) in [6.45, 7) is 4.90. The number of pyridine rings is 1. The van der Waals surface area contributed by atoms with Gasteiger partial charge in [-0.3, -0.25) is 4.98 Å². The number of aromatic carboxylic acids is 1. The molecule has 1 aromatic carbocycles. The predicted octanol–water partition coefficient (Wildman–Crippen LogP) is 3.52. The van der Waals surface area contributed by atoms with Crippen molar-refractivity contribution in [1.29, 1.82) is 0 Å². The molecular formula is C16H18N2O2. The molecule has 4 heteroatoms. The highest BCUT2D eigenvalue weighted by molar-refractivity contribution is 5.93. The van der Waals surface area contributed by atoms with Crippen LogP contribution >= 0.6 is 0 Å². The molecule has 2 N–H and O–H groups in total. The Labute approximate surface area is 118 Å². The second-order valence-electron chi connectivity index (χ2n) is 4.98. The van der Waals surface area contributed by atoms with E-state index in [1.165, 1.54) is 11.8 Å². The summed E-state index contributed by atoms with van der Waals surface area (Å²) in [4.78, 5) is 14.9. The summed E-state index contributed by atoms with van der Waals surface area (Å²) in [6, 6.07) is 10.00. The van der Waals surface area contributed by atoms with Gasteiger partial charge in [0.2, 0.25) is 0 Å². The fourth-order valence-corrected chi connectivity index (χ4v) is 1.94. The van der Waals surface area contributed by atoms with Crippen LogP contribution in [-0.2, 0) is 6.54 Å². The summed E-state index contributed by atoms with van der Waals surface area (Å²) >= 11 is 0. The molecule has 4 nitrogen and oxygen atoms in total. The van der Waals surface area contributed by atoms with Crippen LogP contribution in [0.25, 0.3) is 0 Å². The van der Waals surface area contributed by atoms with Crippen molar-refractivity contribution in [3.63, 3.8) is 0 Å². The van der Waals surface area contributed by atoms with Crippen LogP contribution in [0.3, 0.4) is 0 Å². The summed E-state index contributed by atoms with van der Waals surface area (Å²) in [5.74, 6) is -0.466. The number of carboxylic acids is 1. The van der Waals surface area contributed by atoms with Gasteiger partial charge in [-0.15, -0.1) is 0 Å². The maximum absolute atomic E-state index is 11.1. The molecule has 20 heavy (non-hydrogen) atoms. The number of benzene rings is 1. The Balaban J connectivity index is 2.07. The molecule has 0 atom stereocenters. The quantitative estimate of drug-likeness (QED) is 0.872. The normalized spacial score (nSPS) is 10.6. The second kappa shape index (κ2) is 6.19. The third kappa shape index (κ3) is 3.35. The summed E-state index contributed by atoms with van der Waals surface area (Å²) in [6.07, 6.45) is 2.93. The number of anilines is 1. The van der Waals surface area contributed by atoms with Crippen molar-refractivity contribution in [1.82, 2.24) is 4.98 Å². The zero-order valence-corrected chi connectivity index (χ0v) is 11.6. The highest BCUT2D eigenvalue weighted by atomic mass is 16.4. The van der Waals surface area contributed by atoms with Crippen LogP contribution in [0.1, 0.15) is 41.3 Å². The van der Waals surface area contributed by atoms with E-state index in [2.05, 4.69) is 48.4 Å². The van der Waals surface area contributed by atoms with Gasteiger partial charge in [0, 0.05) is 18.9 Å². The van der Waals surface area contributed by atoms with Gasteiger partial charge in [-0.2, -0.15) is 0 Å². The fourth-order valence-electron chi connectivity index (χ4n) is 1.94. The van der Waals surface area contributed by atoms with Crippen LogP contribution in [0, 0.1) is 0 Å². The Bertz CT molecular complexity index is 592. The van der Waals surface area contributed by atoms with Crippen molar-refractivity contribution in [2.45, 2.75) is 26.3 Å². The lowest BCUT2D eigenvalue weighted by molar-refractivity contribution is 0.0697. The summed E-state index contributed by atoms with van der Waals surface area (Å²) in [7, 11) is 0. The molecule has 0 saturated heterocycles. The first kappa shape index (κ1) is 14.1. The first-order valence-electron chi connectivity index (χ1n) is 6.58. The zero-order valence-electron chi connectivity index (χ0n) is 11.6. The number of aromatic nitrogens is 1. The maximum Gasteiger partial charge on any atom is 0.339 e. The average Bonchev–Trinajstić information content (AvgIpc) is 2.45. The lowest BCUT2D eigenvalue weighted by atomic mass is 10.0. The van der Waals surface area contributed by atoms with E-state index in [0.29, 0.717) is 18.2 Å². The minimum Gasteiger partial charge on any atom is -0.478 e. The Morgan fingerprint density at radius 1 is 1.25 bits per heavy atom. The number of carboxylic acid groups (broad SMARTS) is 1. The molecule has 0 fully saturated rings. The van der Waals surface area contributed by atoms with Crippen LogP contribution in [-0.4, -0.2) is 16.1 Å². The third-order valence-electron chi connectivity index (χ3n) is 3.18. The summed E-state index contributed by atoms with van der Waals surface area (Å²) in [5.41, 5.74) is 3.18. The van der Waals surface area contributed by atoms with E-state index >= 15 is 0 Å². The first-order chi connectivity index (χ1) is 9.58. The Morgan fingerprint density at radius 3 is 2.55 bits per heavy atom. The van der Waals surface area contributed by atoms with Crippen molar-refractivity contribution in [3.8, 4) is 0 Å². The molecule has 2 rings (SSSR count). The fraction of sp³-hybridized carbons (Fsp3) is 0.250. The molecule has 0 radical (unpaired) electrons. The Morgan fingerprint density at radius 2 is 1.95 bits per heavy atom. The minimum atomic E-state index is -0.976. The van der Waals surface area contributed by atoms with Crippen molar-refractivity contribution in [2.75, 3.05) is 5.32 Å². The van der Waals surface area contributed by atoms with Crippen LogP contribution in [0.15, 0.2) is 42.7 Å². The number of nitrogens with zero attached hydrogens (tertiary/aromatic N) is 1. The number of rotatable bonds is 5. The lowest BCUT2D eigenvalue weighted by Gasteiger charge is -2.10. The topological polar surface area (TPSA) is 62.2 Å². The van der Waals surface area contributed by atoms with Crippen LogP contribution in [0.2, 0.25) is 0 Å². The smallest absolute Gasteiger partial charge is 0.339 e. The van der Waals surface area contributed by atoms with Gasteiger partial charge >= 0.3 is 5.97 Å². The van der Waals surface area contributed by atoms with E-state index in [-0.39, 0.29) is 5.56 Å². The maximum atomic E-state index is 11.1. The molecule has 1 heterocycles. The first-order valence-corrected chi connectivity index (χ1v) is 6.58. The minimum absolute atomic E-state index is 0.186. The molecule has 0 aliphatic rings. The highest BCUT2D eigenvalue weighted by Crippen LogP contribution is 2.17. The van der Waals surface area contributed by atoms with Gasteiger partial charge in [-0.05, 0) is 23.1 Å². The Hall–Kier alpha value is -2.36. The summed E-state index contributed by atoms with van der Waals surface area (Å²) in [5, 5.41) is 12.2. The van der Waals surface area contributed by atoms with Crippen molar-refractivity contribution in [2.24, 2.45) is 0 Å². The molecule has 0 spiro atoms. The standard InChI is InChI=1S/C16H18N2O2/c1-11(2)13-5-3-12(4-6-13)9-18-15-7-8-17-10-14(15)16(19)20/h3-8,10-11H,9H2,1-2H3,(H,17,18)(H,19,20). The number of hydrogen-bond donors (Lipinski definition) is 2. The third-order valence-corrected chi connectivity index (χ3v) is 3.18. The highest BCUT2D eigenvalue weighted by Gasteiger charge is 2.09. The molecule has 0 aliphatic carbocycles. The molecule has 0 unspecified atom stereocenters. The predicted molar refractivity (Wildman–Crippen MR) is 79.1 cm³/mol. The van der Waals surface area contributed by atoms with Gasteiger partial charge in [0.1, 0.15) is 5.56 Å². The molecule has 0 aliphatic heterocycles. The van der Waals surface area contributed by atoms with Crippen molar-refractivity contribution < 1.29 is 9.90 Å². The van der Waals surface area contributed by atoms with Gasteiger partial charge in [-0.25, -0.2) is 4.79 Å². The Kier molecular flexibility index (Phi) is 4.35. The van der Waals surface area contributed by atoms with Crippen molar-refractivity contribution in [3.05, 3.63) is 59.4 Å². The molecule has 1 aromatic heterocycles. The van der Waals surface area contributed by atoms with Crippen LogP contribution in [0.4, 0.5) is 5.69 Å². The van der Waals surface area contributed by atoms with E-state index in [0.717, 1.165) is 5.56 Å². The lowest BCUT2D eigenvalue weighted by Crippen LogP contribution is -2.06. The molecule has 0 bridgehead atoms. The SMILES string of the molecule is CC(C)c1ccc(CNc2ccncc2C(=O)O)cc1. The number of carbonyl (C=O) groups is 1. The molecule has 2 aromatic rings. The zero-order chi connectivity index (χ0) is 14.5. The molecule has 104 valence electrons. The van der Waals surface area contributed by atoms with Gasteiger partial charge in [0.15, 0.2) is 0 Å². The van der Waals surface area contributed by atoms with E-state index in [1.54, 1.807) is 12.3 Å². The molecule has 0 saturated carbocycles.